The van der Waals surface area contributed by atoms with Crippen LogP contribution in [0.25, 0.3) is 43.1 Å². The lowest BCUT2D eigenvalue weighted by Gasteiger charge is -2.20. The van der Waals surface area contributed by atoms with Gasteiger partial charge in [0.2, 0.25) is 0 Å². The standard InChI is InChI=1S/C32H28O8.2CHBr3/c1-5-37-29(33)21-13-9-17-19-11-15-23(31(35)39-7-3)28-24(32(36)40-8-4)16-12-20(26(19)28)18-10-14-22(27(21)25(17)18)30(34)38-6-2;2*2-1(3)4/h9-16H,5-8H2,1-4H3;2*1H. The first-order valence-electron chi connectivity index (χ1n) is 14.6. The molecular formula is C34H30Br6O8. The summed E-state index contributed by atoms with van der Waals surface area (Å²) in [6.45, 7) is 7.56. The van der Waals surface area contributed by atoms with Crippen LogP contribution in [-0.4, -0.2) is 55.6 Å². The van der Waals surface area contributed by atoms with Crippen LogP contribution < -0.4 is 0 Å². The van der Waals surface area contributed by atoms with Crippen molar-refractivity contribution in [3.05, 3.63) is 70.8 Å². The van der Waals surface area contributed by atoms with Crippen molar-refractivity contribution in [2.75, 3.05) is 26.4 Å². The number of rotatable bonds is 8. The zero-order valence-electron chi connectivity index (χ0n) is 26.1. The van der Waals surface area contributed by atoms with Crippen molar-refractivity contribution in [1.82, 2.24) is 0 Å². The maximum Gasteiger partial charge on any atom is 0.338 e. The largest absolute Gasteiger partial charge is 0.462 e. The number of esters is 4. The van der Waals surface area contributed by atoms with Gasteiger partial charge in [-0.05, 0) is 84.3 Å². The summed E-state index contributed by atoms with van der Waals surface area (Å²) in [7, 11) is 0. The Morgan fingerprint density at radius 2 is 0.604 bits per heavy atom. The minimum atomic E-state index is -0.553. The van der Waals surface area contributed by atoms with Crippen LogP contribution in [0.1, 0.15) is 69.1 Å². The Labute approximate surface area is 328 Å². The van der Waals surface area contributed by atoms with E-state index in [1.165, 1.54) is 0 Å². The molecule has 0 aliphatic rings. The van der Waals surface area contributed by atoms with E-state index in [9.17, 15) is 19.2 Å². The third-order valence-electron chi connectivity index (χ3n) is 6.88. The first kappa shape index (κ1) is 40.6. The summed E-state index contributed by atoms with van der Waals surface area (Å²) in [5.74, 6) is -2.21. The highest BCUT2D eigenvalue weighted by molar-refractivity contribution is 9.38. The van der Waals surface area contributed by atoms with E-state index < -0.39 is 23.9 Å². The molecule has 0 bridgehead atoms. The molecule has 0 saturated heterocycles. The molecule has 14 heteroatoms. The number of fused-ring (bicyclic) bond motifs is 2. The molecule has 5 rings (SSSR count). The number of benzene rings is 5. The Kier molecular flexibility index (Phi) is 16.0. The molecule has 5 aromatic rings. The van der Waals surface area contributed by atoms with Crippen LogP contribution in [0.3, 0.4) is 0 Å². The van der Waals surface area contributed by atoms with Crippen LogP contribution >= 0.6 is 95.6 Å². The van der Waals surface area contributed by atoms with Crippen molar-refractivity contribution in [3.8, 4) is 0 Å². The van der Waals surface area contributed by atoms with E-state index in [4.69, 9.17) is 18.9 Å². The van der Waals surface area contributed by atoms with Gasteiger partial charge in [-0.3, -0.25) is 0 Å². The van der Waals surface area contributed by atoms with Crippen LogP contribution in [0.2, 0.25) is 0 Å². The fraction of sp³-hybridized carbons (Fsp3) is 0.294. The number of hydrogen-bond acceptors (Lipinski definition) is 8. The molecule has 0 heterocycles. The van der Waals surface area contributed by atoms with Crippen LogP contribution in [-0.2, 0) is 18.9 Å². The van der Waals surface area contributed by atoms with Gasteiger partial charge >= 0.3 is 23.9 Å². The molecule has 0 saturated carbocycles. The van der Waals surface area contributed by atoms with Gasteiger partial charge in [-0.1, -0.05) is 120 Å². The average Bonchev–Trinajstić information content (AvgIpc) is 3.02. The lowest BCUT2D eigenvalue weighted by atomic mass is 9.84. The minimum Gasteiger partial charge on any atom is -0.462 e. The van der Waals surface area contributed by atoms with Gasteiger partial charge in [-0.25, -0.2) is 19.2 Å². The van der Waals surface area contributed by atoms with Gasteiger partial charge in [0, 0.05) is 10.8 Å². The van der Waals surface area contributed by atoms with Gasteiger partial charge in [0.1, 0.15) is 5.29 Å². The summed E-state index contributed by atoms with van der Waals surface area (Å²) in [4.78, 5) is 52.2. The quantitative estimate of drug-likeness (QED) is 0.0498. The summed E-state index contributed by atoms with van der Waals surface area (Å²) in [5, 5.41) is 5.15. The highest BCUT2D eigenvalue weighted by Crippen LogP contribution is 2.44. The van der Waals surface area contributed by atoms with Gasteiger partial charge in [-0.2, -0.15) is 0 Å². The molecule has 0 aliphatic carbocycles. The van der Waals surface area contributed by atoms with Crippen molar-refractivity contribution < 1.29 is 38.1 Å². The number of carbonyl (C=O) groups excluding carboxylic acids is 4. The molecule has 48 heavy (non-hydrogen) atoms. The van der Waals surface area contributed by atoms with E-state index in [0.29, 0.717) is 21.5 Å². The van der Waals surface area contributed by atoms with Crippen LogP contribution in [0.15, 0.2) is 48.5 Å². The van der Waals surface area contributed by atoms with Gasteiger partial charge in [-0.15, -0.1) is 0 Å². The van der Waals surface area contributed by atoms with Crippen molar-refractivity contribution in [2.45, 2.75) is 33.0 Å². The molecule has 0 amide bonds. The molecule has 256 valence electrons. The second-order valence-electron chi connectivity index (χ2n) is 9.52. The van der Waals surface area contributed by atoms with Crippen LogP contribution in [0.4, 0.5) is 0 Å². The number of carbonyl (C=O) groups is 4. The molecule has 0 aliphatic heterocycles. The molecule has 5 aromatic carbocycles. The maximum atomic E-state index is 13.0. The molecule has 0 spiro atoms. The van der Waals surface area contributed by atoms with E-state index in [1.54, 1.807) is 76.2 Å². The fourth-order valence-corrected chi connectivity index (χ4v) is 5.40. The van der Waals surface area contributed by atoms with Crippen molar-refractivity contribution in [1.29, 1.82) is 0 Å². The van der Waals surface area contributed by atoms with Gasteiger partial charge in [0.05, 0.1) is 48.7 Å². The third kappa shape index (κ3) is 9.28. The summed E-state index contributed by atoms with van der Waals surface area (Å²) in [5.41, 5.74) is 0.987. The first-order valence-corrected chi connectivity index (χ1v) is 20.1. The van der Waals surface area contributed by atoms with Crippen molar-refractivity contribution in [3.63, 3.8) is 0 Å². The predicted molar refractivity (Wildman–Crippen MR) is 213 cm³/mol. The summed E-state index contributed by atoms with van der Waals surface area (Å²) >= 11 is 18.6. The Balaban J connectivity index is 0.000000705. The number of hydrogen-bond donors (Lipinski definition) is 0. The first-order chi connectivity index (χ1) is 22.8. The van der Waals surface area contributed by atoms with Gasteiger partial charge in [0.15, 0.2) is 0 Å². The van der Waals surface area contributed by atoms with Gasteiger partial charge < -0.3 is 18.9 Å². The summed E-state index contributed by atoms with van der Waals surface area (Å²) in [6.07, 6.45) is 0. The minimum absolute atomic E-state index is 0.173. The van der Waals surface area contributed by atoms with E-state index in [-0.39, 0.29) is 54.0 Å². The second-order valence-corrected chi connectivity index (χ2v) is 22.4. The lowest BCUT2D eigenvalue weighted by molar-refractivity contribution is 0.0511. The SMILES string of the molecule is BrC(Br)Br.BrC(Br)Br.CCOC(=O)c1ccc2c3ccc(C(=O)OCC)c4c(C(=O)OCC)ccc(c5ccc(C(=O)OCC)c1c25)c43. The maximum absolute atomic E-state index is 13.0. The highest BCUT2D eigenvalue weighted by Gasteiger charge is 2.27. The zero-order valence-corrected chi connectivity index (χ0v) is 35.7. The van der Waals surface area contributed by atoms with Gasteiger partial charge in [0.25, 0.3) is 0 Å². The molecule has 8 nitrogen and oxygen atoms in total. The highest BCUT2D eigenvalue weighted by atomic mass is 80.0. The Morgan fingerprint density at radius 3 is 0.771 bits per heavy atom. The molecule has 0 aromatic heterocycles. The van der Waals surface area contributed by atoms with E-state index >= 15 is 0 Å². The number of halogens is 6. The number of alkyl halides is 6. The Hall–Kier alpha value is -1.84. The average molecular weight is 1050 g/mol. The molecule has 0 unspecified atom stereocenters. The smallest absolute Gasteiger partial charge is 0.338 e. The zero-order chi connectivity index (χ0) is 35.7. The van der Waals surface area contributed by atoms with E-state index in [1.807, 2.05) is 0 Å². The third-order valence-corrected chi connectivity index (χ3v) is 6.88. The van der Waals surface area contributed by atoms with Crippen molar-refractivity contribution in [2.24, 2.45) is 0 Å². The number of ether oxygens (including phenoxy) is 4. The van der Waals surface area contributed by atoms with Crippen molar-refractivity contribution >= 4 is 163 Å². The molecular weight excluding hydrogens is 1020 g/mol. The Morgan fingerprint density at radius 1 is 0.417 bits per heavy atom. The molecule has 0 fully saturated rings. The summed E-state index contributed by atoms with van der Waals surface area (Å²) in [6, 6.07) is 13.7. The van der Waals surface area contributed by atoms with E-state index in [2.05, 4.69) is 95.6 Å². The topological polar surface area (TPSA) is 105 Å². The van der Waals surface area contributed by atoms with E-state index in [0.717, 1.165) is 21.5 Å². The fourth-order valence-electron chi connectivity index (χ4n) is 5.40. The molecule has 0 radical (unpaired) electrons. The summed E-state index contributed by atoms with van der Waals surface area (Å²) < 4.78 is 21.8. The molecule has 0 N–H and O–H groups in total. The molecule has 0 atom stereocenters. The van der Waals surface area contributed by atoms with Crippen LogP contribution in [0.5, 0.6) is 0 Å². The Bertz CT molecular complexity index is 1670. The predicted octanol–water partition coefficient (Wildman–Crippen LogP) is 11.4. The van der Waals surface area contributed by atoms with Crippen LogP contribution in [0, 0.1) is 0 Å². The normalized spacial score (nSPS) is 10.9. The monoisotopic (exact) mass is 1040 g/mol. The second kappa shape index (κ2) is 19.0. The lowest BCUT2D eigenvalue weighted by Crippen LogP contribution is -2.12.